The number of H-pyrrole nitrogens is 1. The third kappa shape index (κ3) is 3.34. The van der Waals surface area contributed by atoms with E-state index in [1.165, 1.54) is 24.0 Å². The summed E-state index contributed by atoms with van der Waals surface area (Å²) in [6.45, 7) is 0. The summed E-state index contributed by atoms with van der Waals surface area (Å²) < 4.78 is 0. The Bertz CT molecular complexity index is 721. The van der Waals surface area contributed by atoms with Crippen molar-refractivity contribution in [1.82, 2.24) is 20.6 Å². The molecule has 0 atom stereocenters. The Morgan fingerprint density at radius 1 is 1.62 bits per heavy atom. The molecule has 10 heteroatoms. The number of benzene rings is 1. The molecule has 9 nitrogen and oxygen atoms in total. The lowest BCUT2D eigenvalue weighted by molar-refractivity contribution is -0.384. The molecule has 0 amide bonds. The number of thioether (sulfide) groups is 1. The van der Waals surface area contributed by atoms with Crippen molar-refractivity contribution in [3.8, 4) is 6.07 Å². The number of nitro groups is 1. The van der Waals surface area contributed by atoms with Crippen molar-refractivity contribution in [2.75, 3.05) is 11.6 Å². The first-order valence-corrected chi connectivity index (χ1v) is 6.81. The number of nitrogens with one attached hydrogen (secondary N) is 2. The van der Waals surface area contributed by atoms with Crippen LogP contribution in [0.5, 0.6) is 0 Å². The van der Waals surface area contributed by atoms with Crippen molar-refractivity contribution >= 4 is 28.7 Å². The molecule has 0 aliphatic rings. The van der Waals surface area contributed by atoms with Gasteiger partial charge in [-0.2, -0.15) is 10.5 Å². The maximum absolute atomic E-state index is 11.1. The highest BCUT2D eigenvalue weighted by molar-refractivity contribution is 7.98. The number of nitriles is 1. The van der Waals surface area contributed by atoms with E-state index in [1.807, 2.05) is 12.3 Å². The summed E-state index contributed by atoms with van der Waals surface area (Å²) in [5.41, 5.74) is 0.296. The van der Waals surface area contributed by atoms with Crippen molar-refractivity contribution in [3.05, 3.63) is 40.3 Å². The molecule has 2 N–H and O–H groups in total. The zero-order valence-electron chi connectivity index (χ0n) is 10.8. The summed E-state index contributed by atoms with van der Waals surface area (Å²) in [5, 5.41) is 35.7. The number of allylic oxidation sites excluding steroid dienone is 1. The first-order valence-electron chi connectivity index (χ1n) is 5.58. The van der Waals surface area contributed by atoms with E-state index < -0.39 is 4.92 Å². The Morgan fingerprint density at radius 3 is 3.00 bits per heavy atom. The third-order valence-corrected chi connectivity index (χ3v) is 3.21. The quantitative estimate of drug-likeness (QED) is 0.369. The average Bonchev–Trinajstić information content (AvgIpc) is 3.02. The molecule has 1 heterocycles. The molecule has 0 fully saturated rings. The van der Waals surface area contributed by atoms with Crippen molar-refractivity contribution in [1.29, 1.82) is 5.26 Å². The minimum Gasteiger partial charge on any atom is -0.355 e. The Labute approximate surface area is 123 Å². The van der Waals surface area contributed by atoms with E-state index in [0.717, 1.165) is 4.90 Å². The molecule has 0 unspecified atom stereocenters. The summed E-state index contributed by atoms with van der Waals surface area (Å²) in [5.74, 6) is 0.105. The van der Waals surface area contributed by atoms with Crippen LogP contribution in [0.25, 0.3) is 5.57 Å². The molecule has 0 spiro atoms. The van der Waals surface area contributed by atoms with Crippen LogP contribution in [0.1, 0.15) is 5.82 Å². The van der Waals surface area contributed by atoms with E-state index in [9.17, 15) is 10.1 Å². The maximum atomic E-state index is 11.1. The van der Waals surface area contributed by atoms with Gasteiger partial charge in [0.1, 0.15) is 17.3 Å². The number of anilines is 1. The Hall–Kier alpha value is -2.93. The van der Waals surface area contributed by atoms with Gasteiger partial charge in [0.2, 0.25) is 5.82 Å². The molecule has 2 rings (SSSR count). The molecular weight excluding hydrogens is 294 g/mol. The van der Waals surface area contributed by atoms with Gasteiger partial charge in [0, 0.05) is 17.2 Å². The number of rotatable bonds is 5. The number of aromatic nitrogens is 4. The number of nitrogens with zero attached hydrogens (tertiary/aromatic N) is 5. The van der Waals surface area contributed by atoms with E-state index in [0.29, 0.717) is 0 Å². The van der Waals surface area contributed by atoms with Gasteiger partial charge < -0.3 is 5.32 Å². The van der Waals surface area contributed by atoms with Crippen LogP contribution in [-0.2, 0) is 0 Å². The molecule has 0 aliphatic heterocycles. The SMILES string of the molecule is CSc1ccc(NC=C(C#N)c2nn[nH]n2)c([N+](=O)[O-])c1. The van der Waals surface area contributed by atoms with Gasteiger partial charge in [-0.3, -0.25) is 10.1 Å². The predicted octanol–water partition coefficient (Wildman–Crippen LogP) is 1.81. The molecule has 0 saturated carbocycles. The second kappa shape index (κ2) is 6.49. The van der Waals surface area contributed by atoms with Gasteiger partial charge in [0.15, 0.2) is 0 Å². The standard InChI is InChI=1S/C11H9N7O2S/c1-21-8-2-3-9(10(4-8)18(19)20)13-6-7(5-12)11-14-16-17-15-11/h2-4,6,13H,1H3,(H,14,15,16,17). The number of tetrazole rings is 1. The molecule has 0 bridgehead atoms. The van der Waals surface area contributed by atoms with Crippen molar-refractivity contribution in [2.24, 2.45) is 0 Å². The van der Waals surface area contributed by atoms with Gasteiger partial charge in [-0.25, -0.2) is 0 Å². The van der Waals surface area contributed by atoms with Crippen LogP contribution in [0.3, 0.4) is 0 Å². The van der Waals surface area contributed by atoms with Crippen LogP contribution < -0.4 is 5.32 Å². The Kier molecular flexibility index (Phi) is 4.47. The molecule has 1 aromatic heterocycles. The first kappa shape index (κ1) is 14.5. The number of hydrogen-bond donors (Lipinski definition) is 2. The minimum atomic E-state index is -0.490. The summed E-state index contributed by atoms with van der Waals surface area (Å²) in [6.07, 6.45) is 3.13. The van der Waals surface area contributed by atoms with Gasteiger partial charge in [0.25, 0.3) is 5.69 Å². The fraction of sp³-hybridized carbons (Fsp3) is 0.0909. The third-order valence-electron chi connectivity index (χ3n) is 2.48. The highest BCUT2D eigenvalue weighted by Gasteiger charge is 2.14. The summed E-state index contributed by atoms with van der Waals surface area (Å²) in [4.78, 5) is 11.3. The van der Waals surface area contributed by atoms with Crippen LogP contribution in [0.2, 0.25) is 0 Å². The Balaban J connectivity index is 2.31. The van der Waals surface area contributed by atoms with E-state index in [-0.39, 0.29) is 22.8 Å². The highest BCUT2D eigenvalue weighted by atomic mass is 32.2. The zero-order chi connectivity index (χ0) is 15.2. The minimum absolute atomic E-state index is 0.0801. The number of hydrogen-bond acceptors (Lipinski definition) is 8. The lowest BCUT2D eigenvalue weighted by Gasteiger charge is -2.04. The monoisotopic (exact) mass is 303 g/mol. The fourth-order valence-corrected chi connectivity index (χ4v) is 1.92. The van der Waals surface area contributed by atoms with Crippen LogP contribution in [0.15, 0.2) is 29.3 Å². The molecular formula is C11H9N7O2S. The van der Waals surface area contributed by atoms with Gasteiger partial charge in [-0.15, -0.1) is 22.0 Å². The smallest absolute Gasteiger partial charge is 0.293 e. The molecule has 21 heavy (non-hydrogen) atoms. The van der Waals surface area contributed by atoms with E-state index >= 15 is 0 Å². The second-order valence-corrected chi connectivity index (χ2v) is 4.57. The summed E-state index contributed by atoms with van der Waals surface area (Å²) >= 11 is 1.40. The molecule has 2 aromatic rings. The average molecular weight is 303 g/mol. The normalized spacial score (nSPS) is 11.0. The van der Waals surface area contributed by atoms with Crippen LogP contribution in [0.4, 0.5) is 11.4 Å². The van der Waals surface area contributed by atoms with Gasteiger partial charge >= 0.3 is 0 Å². The van der Waals surface area contributed by atoms with Crippen molar-refractivity contribution in [2.45, 2.75) is 4.90 Å². The number of nitro benzene ring substituents is 1. The van der Waals surface area contributed by atoms with Crippen LogP contribution in [0, 0.1) is 21.4 Å². The van der Waals surface area contributed by atoms with E-state index in [1.54, 1.807) is 12.1 Å². The lowest BCUT2D eigenvalue weighted by Crippen LogP contribution is -1.98. The second-order valence-electron chi connectivity index (χ2n) is 3.69. The molecule has 0 radical (unpaired) electrons. The predicted molar refractivity (Wildman–Crippen MR) is 76.3 cm³/mol. The van der Waals surface area contributed by atoms with Crippen molar-refractivity contribution in [3.63, 3.8) is 0 Å². The van der Waals surface area contributed by atoms with E-state index in [2.05, 4.69) is 25.9 Å². The summed E-state index contributed by atoms with van der Waals surface area (Å²) in [6, 6.07) is 6.66. The van der Waals surface area contributed by atoms with Crippen molar-refractivity contribution < 1.29 is 4.92 Å². The maximum Gasteiger partial charge on any atom is 0.293 e. The van der Waals surface area contributed by atoms with E-state index in [4.69, 9.17) is 5.26 Å². The lowest BCUT2D eigenvalue weighted by atomic mass is 10.2. The molecule has 106 valence electrons. The van der Waals surface area contributed by atoms with Crippen LogP contribution in [-0.4, -0.2) is 31.8 Å². The number of aromatic amines is 1. The largest absolute Gasteiger partial charge is 0.355 e. The molecule has 0 saturated heterocycles. The van der Waals surface area contributed by atoms with Gasteiger partial charge in [-0.05, 0) is 23.6 Å². The molecule has 0 aliphatic carbocycles. The topological polar surface area (TPSA) is 133 Å². The highest BCUT2D eigenvalue weighted by Crippen LogP contribution is 2.29. The Morgan fingerprint density at radius 2 is 2.43 bits per heavy atom. The van der Waals surface area contributed by atoms with Crippen LogP contribution >= 0.6 is 11.8 Å². The van der Waals surface area contributed by atoms with Gasteiger partial charge in [-0.1, -0.05) is 0 Å². The summed E-state index contributed by atoms with van der Waals surface area (Å²) in [7, 11) is 0. The molecule has 1 aromatic carbocycles. The zero-order valence-corrected chi connectivity index (χ0v) is 11.6. The fourth-order valence-electron chi connectivity index (χ4n) is 1.48. The first-order chi connectivity index (χ1) is 10.2. The van der Waals surface area contributed by atoms with Gasteiger partial charge in [0.05, 0.1) is 4.92 Å².